The van der Waals surface area contributed by atoms with Gasteiger partial charge in [-0.15, -0.1) is 0 Å². The van der Waals surface area contributed by atoms with Crippen LogP contribution >= 0.6 is 16.5 Å². The molecule has 0 aromatic heterocycles. The highest BCUT2D eigenvalue weighted by atomic mass is 32.0. The number of allylic oxidation sites excluding steroid dienone is 2. The Balaban J connectivity index is 3.09. The average Bonchev–Trinajstić information content (AvgIpc) is 2.10. The second kappa shape index (κ2) is 11.3. The first-order valence-electron chi connectivity index (χ1n) is 4.61. The molecule has 0 fully saturated rings. The Morgan fingerprint density at radius 2 is 1.25 bits per heavy atom. The minimum Gasteiger partial charge on any atom is -0.0834 e. The molecule has 68 valence electrons. The standard InChI is InChI=1S/C10H18P2/c1-3-5-7-9-11-12-10-8-6-4-2/h7-10H,3-6H2,1-2H3. The van der Waals surface area contributed by atoms with Crippen molar-refractivity contribution in [1.29, 1.82) is 0 Å². The molecule has 0 amide bonds. The zero-order valence-corrected chi connectivity index (χ0v) is 9.82. The molecule has 0 saturated heterocycles. The molecule has 0 aromatic carbocycles. The molecule has 0 aliphatic rings. The molecule has 0 spiro atoms. The predicted molar refractivity (Wildman–Crippen MR) is 61.9 cm³/mol. The van der Waals surface area contributed by atoms with Crippen molar-refractivity contribution < 1.29 is 0 Å². The quantitative estimate of drug-likeness (QED) is 0.380. The molecule has 2 radical (unpaired) electrons. The lowest BCUT2D eigenvalue weighted by atomic mass is 10.3. The molecule has 0 bridgehead atoms. The zero-order chi connectivity index (χ0) is 9.07. The number of hydrogen-bond acceptors (Lipinski definition) is 0. The maximum Gasteiger partial charge on any atom is -0.0146 e. The van der Waals surface area contributed by atoms with Crippen LogP contribution in [0.5, 0.6) is 0 Å². The maximum absolute atomic E-state index is 2.27. The largest absolute Gasteiger partial charge is 0.0834 e. The predicted octanol–water partition coefficient (Wildman–Crippen LogP) is 5.42. The summed E-state index contributed by atoms with van der Waals surface area (Å²) in [5.74, 6) is 4.50. The fourth-order valence-corrected chi connectivity index (χ4v) is 2.32. The van der Waals surface area contributed by atoms with E-state index >= 15 is 0 Å². The average molecular weight is 200 g/mol. The molecule has 0 aliphatic carbocycles. The summed E-state index contributed by atoms with van der Waals surface area (Å²) in [6.07, 6.45) is 9.50. The molecular formula is C10H18P2. The summed E-state index contributed by atoms with van der Waals surface area (Å²) in [7, 11) is 2.81. The van der Waals surface area contributed by atoms with Crippen molar-refractivity contribution in [3.8, 4) is 0 Å². The first-order valence-corrected chi connectivity index (χ1v) is 7.25. The van der Waals surface area contributed by atoms with Crippen LogP contribution < -0.4 is 0 Å². The van der Waals surface area contributed by atoms with E-state index in [2.05, 4.69) is 37.6 Å². The lowest BCUT2D eigenvalue weighted by Gasteiger charge is -1.86. The second-order valence-corrected chi connectivity index (χ2v) is 5.02. The van der Waals surface area contributed by atoms with Crippen LogP contribution in [0.2, 0.25) is 0 Å². The first kappa shape index (κ1) is 12.3. The highest BCUT2D eigenvalue weighted by molar-refractivity contribution is 8.14. The van der Waals surface area contributed by atoms with Crippen molar-refractivity contribution in [2.75, 3.05) is 0 Å². The van der Waals surface area contributed by atoms with Crippen LogP contribution in [0.15, 0.2) is 23.8 Å². The van der Waals surface area contributed by atoms with E-state index in [0.717, 1.165) is 0 Å². The molecule has 2 heteroatoms. The van der Waals surface area contributed by atoms with Crippen LogP contribution in [0.25, 0.3) is 0 Å². The van der Waals surface area contributed by atoms with E-state index in [0.29, 0.717) is 0 Å². The normalized spacial score (nSPS) is 13.8. The summed E-state index contributed by atoms with van der Waals surface area (Å²) in [6, 6.07) is 0. The van der Waals surface area contributed by atoms with Crippen molar-refractivity contribution in [2.24, 2.45) is 0 Å². The van der Waals surface area contributed by atoms with Crippen molar-refractivity contribution in [1.82, 2.24) is 0 Å². The van der Waals surface area contributed by atoms with Crippen LogP contribution in [-0.2, 0) is 0 Å². The summed E-state index contributed by atoms with van der Waals surface area (Å²) < 4.78 is 0. The zero-order valence-electron chi connectivity index (χ0n) is 8.03. The van der Waals surface area contributed by atoms with Gasteiger partial charge in [0.2, 0.25) is 0 Å². The van der Waals surface area contributed by atoms with Crippen molar-refractivity contribution in [3.05, 3.63) is 23.8 Å². The Hall–Kier alpha value is 0.340. The Labute approximate surface area is 80.4 Å². The molecule has 0 unspecified atom stereocenters. The van der Waals surface area contributed by atoms with Gasteiger partial charge in [0.25, 0.3) is 0 Å². The maximum atomic E-state index is 2.27. The molecule has 0 N–H and O–H groups in total. The van der Waals surface area contributed by atoms with Crippen LogP contribution in [0.4, 0.5) is 0 Å². The van der Waals surface area contributed by atoms with Gasteiger partial charge < -0.3 is 0 Å². The molecular weight excluding hydrogens is 182 g/mol. The molecule has 0 aliphatic heterocycles. The van der Waals surface area contributed by atoms with Gasteiger partial charge >= 0.3 is 0 Å². The smallest absolute Gasteiger partial charge is 0.0146 e. The summed E-state index contributed by atoms with van der Waals surface area (Å²) in [6.45, 7) is 4.42. The number of unbranched alkanes of at least 4 members (excludes halogenated alkanes) is 2. The Morgan fingerprint density at radius 3 is 1.58 bits per heavy atom. The minimum absolute atomic E-state index is 1.22. The van der Waals surface area contributed by atoms with E-state index in [1.54, 1.807) is 0 Å². The topological polar surface area (TPSA) is 0 Å². The summed E-state index contributed by atoms with van der Waals surface area (Å²) in [5.41, 5.74) is 0. The second-order valence-electron chi connectivity index (χ2n) is 2.58. The minimum atomic E-state index is 1.22. The summed E-state index contributed by atoms with van der Waals surface area (Å²) in [5, 5.41) is 0. The Kier molecular flexibility index (Phi) is 11.7. The van der Waals surface area contributed by atoms with Gasteiger partial charge in [-0.3, -0.25) is 0 Å². The fraction of sp³-hybridized carbons (Fsp3) is 0.600. The molecule has 12 heavy (non-hydrogen) atoms. The van der Waals surface area contributed by atoms with E-state index in [-0.39, 0.29) is 0 Å². The van der Waals surface area contributed by atoms with E-state index in [4.69, 9.17) is 0 Å². The van der Waals surface area contributed by atoms with E-state index in [1.165, 1.54) is 42.2 Å². The third kappa shape index (κ3) is 10.3. The number of hydrogen-bond donors (Lipinski definition) is 0. The van der Waals surface area contributed by atoms with Crippen molar-refractivity contribution in [2.45, 2.75) is 39.5 Å². The van der Waals surface area contributed by atoms with E-state index in [9.17, 15) is 0 Å². The van der Waals surface area contributed by atoms with Crippen molar-refractivity contribution in [3.63, 3.8) is 0 Å². The van der Waals surface area contributed by atoms with Gasteiger partial charge in [0.1, 0.15) is 0 Å². The van der Waals surface area contributed by atoms with E-state index < -0.39 is 0 Å². The van der Waals surface area contributed by atoms with Crippen LogP contribution in [-0.4, -0.2) is 0 Å². The van der Waals surface area contributed by atoms with Crippen LogP contribution in [0, 0.1) is 0 Å². The van der Waals surface area contributed by atoms with Gasteiger partial charge in [0, 0.05) is 0 Å². The summed E-state index contributed by atoms with van der Waals surface area (Å²) in [4.78, 5) is 0. The third-order valence-corrected chi connectivity index (χ3v) is 3.34. The molecule has 0 nitrogen and oxygen atoms in total. The van der Waals surface area contributed by atoms with Gasteiger partial charge in [-0.1, -0.05) is 50.5 Å². The lowest BCUT2D eigenvalue weighted by Crippen LogP contribution is -1.56. The molecule has 0 saturated carbocycles. The SMILES string of the molecule is CCCC=C[P][P]C=CCCC. The summed E-state index contributed by atoms with van der Waals surface area (Å²) >= 11 is 0. The lowest BCUT2D eigenvalue weighted by molar-refractivity contribution is 0.960. The fourth-order valence-electron chi connectivity index (χ4n) is 0.654. The van der Waals surface area contributed by atoms with Crippen LogP contribution in [0.1, 0.15) is 39.5 Å². The third-order valence-electron chi connectivity index (χ3n) is 1.32. The molecule has 0 atom stereocenters. The highest BCUT2D eigenvalue weighted by Gasteiger charge is 1.78. The van der Waals surface area contributed by atoms with Gasteiger partial charge in [0.05, 0.1) is 0 Å². The molecule has 0 heterocycles. The van der Waals surface area contributed by atoms with Gasteiger partial charge in [0.15, 0.2) is 0 Å². The number of rotatable bonds is 7. The first-order chi connectivity index (χ1) is 5.91. The molecule has 0 rings (SSSR count). The highest BCUT2D eigenvalue weighted by Crippen LogP contribution is 2.39. The van der Waals surface area contributed by atoms with Gasteiger partial charge in [-0.05, 0) is 29.4 Å². The van der Waals surface area contributed by atoms with Gasteiger partial charge in [-0.2, -0.15) is 0 Å². The van der Waals surface area contributed by atoms with Crippen molar-refractivity contribution >= 4 is 16.5 Å². The van der Waals surface area contributed by atoms with E-state index in [1.807, 2.05) is 0 Å². The Morgan fingerprint density at radius 1 is 0.833 bits per heavy atom. The monoisotopic (exact) mass is 200 g/mol. The van der Waals surface area contributed by atoms with Crippen LogP contribution in [0.3, 0.4) is 0 Å². The van der Waals surface area contributed by atoms with Gasteiger partial charge in [-0.25, -0.2) is 0 Å². The molecule has 0 aromatic rings. The Bertz CT molecular complexity index is 112.